The summed E-state index contributed by atoms with van der Waals surface area (Å²) in [6, 6.07) is 9.86. The van der Waals surface area contributed by atoms with Gasteiger partial charge >= 0.3 is 6.18 Å². The van der Waals surface area contributed by atoms with Crippen LogP contribution < -0.4 is 5.32 Å². The first-order chi connectivity index (χ1) is 16.6. The summed E-state index contributed by atoms with van der Waals surface area (Å²) >= 11 is 0. The van der Waals surface area contributed by atoms with Gasteiger partial charge in [0.2, 0.25) is 11.7 Å². The molecule has 4 aromatic rings. The number of pyridine rings is 2. The van der Waals surface area contributed by atoms with E-state index in [4.69, 9.17) is 4.52 Å². The minimum atomic E-state index is -4.97. The Kier molecular flexibility index (Phi) is 6.56. The topological polar surface area (TPSA) is 114 Å². The maximum absolute atomic E-state index is 13.2. The number of amides is 1. The Morgan fingerprint density at radius 2 is 1.89 bits per heavy atom. The van der Waals surface area contributed by atoms with Crippen molar-refractivity contribution in [3.63, 3.8) is 0 Å². The Balaban J connectivity index is 1.62. The monoisotopic (exact) mass is 487 g/mol. The molecule has 8 nitrogen and oxygen atoms in total. The van der Waals surface area contributed by atoms with E-state index in [9.17, 15) is 27.5 Å². The van der Waals surface area contributed by atoms with E-state index in [0.29, 0.717) is 5.69 Å². The Labute approximate surface area is 195 Å². The molecule has 0 radical (unpaired) electrons. The highest BCUT2D eigenvalue weighted by atomic mass is 19.4. The molecule has 12 heteroatoms. The third kappa shape index (κ3) is 5.49. The van der Waals surface area contributed by atoms with Crippen LogP contribution in [-0.2, 0) is 0 Å². The van der Waals surface area contributed by atoms with Gasteiger partial charge in [0.25, 0.3) is 5.91 Å². The molecule has 1 amide bonds. The molecule has 2 atom stereocenters. The summed E-state index contributed by atoms with van der Waals surface area (Å²) in [5, 5.41) is 16.2. The van der Waals surface area contributed by atoms with Gasteiger partial charge in [0, 0.05) is 17.3 Å². The van der Waals surface area contributed by atoms with Crippen LogP contribution in [0, 0.1) is 5.82 Å². The number of nitrogens with one attached hydrogen (secondary N) is 1. The summed E-state index contributed by atoms with van der Waals surface area (Å²) in [7, 11) is 0. The quantitative estimate of drug-likeness (QED) is 0.387. The fraction of sp³-hybridized carbons (Fsp3) is 0.174. The van der Waals surface area contributed by atoms with Gasteiger partial charge in [-0.25, -0.2) is 4.39 Å². The normalized spacial score (nSPS) is 13.3. The molecule has 3 aromatic heterocycles. The average molecular weight is 487 g/mol. The SMILES string of the molecule is CC(NC(=O)c1cc(-c2ccc(F)cn2)cc(C(O)C(F)(F)F)c1)c1nc(-c2ccccn2)no1. The molecule has 4 rings (SSSR count). The van der Waals surface area contributed by atoms with Gasteiger partial charge in [-0.3, -0.25) is 14.8 Å². The van der Waals surface area contributed by atoms with Crippen molar-refractivity contribution in [1.29, 1.82) is 0 Å². The van der Waals surface area contributed by atoms with Crippen LogP contribution in [0.2, 0.25) is 0 Å². The lowest BCUT2D eigenvalue weighted by atomic mass is 9.99. The lowest BCUT2D eigenvalue weighted by Crippen LogP contribution is -2.27. The van der Waals surface area contributed by atoms with Gasteiger partial charge in [0.05, 0.1) is 11.9 Å². The van der Waals surface area contributed by atoms with E-state index in [-0.39, 0.29) is 28.5 Å². The van der Waals surface area contributed by atoms with Crippen molar-refractivity contribution in [1.82, 2.24) is 25.4 Å². The molecule has 0 saturated carbocycles. The zero-order valence-electron chi connectivity index (χ0n) is 18.0. The van der Waals surface area contributed by atoms with Gasteiger partial charge < -0.3 is 14.9 Å². The summed E-state index contributed by atoms with van der Waals surface area (Å²) < 4.78 is 58.0. The molecular weight excluding hydrogens is 470 g/mol. The number of rotatable bonds is 6. The van der Waals surface area contributed by atoms with Gasteiger partial charge in [0.1, 0.15) is 17.6 Å². The standard InChI is InChI=1S/C23H17F4N5O3/c1-12(22-31-20(32-35-22)18-4-2-3-7-28-18)30-21(34)15-9-13(17-6-5-16(24)11-29-17)8-14(10-15)19(33)23(25,26)27/h2-12,19,33H,1H3,(H,30,34). The van der Waals surface area contributed by atoms with Crippen LogP contribution in [0.5, 0.6) is 0 Å². The van der Waals surface area contributed by atoms with E-state index < -0.39 is 35.6 Å². The molecule has 180 valence electrons. The number of carbonyl (C=O) groups excluding carboxylic acids is 1. The Morgan fingerprint density at radius 1 is 1.09 bits per heavy atom. The molecule has 35 heavy (non-hydrogen) atoms. The van der Waals surface area contributed by atoms with Crippen molar-refractivity contribution < 1.29 is 32.0 Å². The predicted octanol–water partition coefficient (Wildman–Crippen LogP) is 4.42. The fourth-order valence-electron chi connectivity index (χ4n) is 3.18. The number of benzene rings is 1. The third-order valence-electron chi connectivity index (χ3n) is 4.92. The number of carbonyl (C=O) groups is 1. The number of aliphatic hydroxyl groups is 1. The third-order valence-corrected chi connectivity index (χ3v) is 4.92. The number of nitrogens with zero attached hydrogens (tertiary/aromatic N) is 4. The maximum Gasteiger partial charge on any atom is 0.418 e. The van der Waals surface area contributed by atoms with Gasteiger partial charge in [-0.1, -0.05) is 11.2 Å². The van der Waals surface area contributed by atoms with Gasteiger partial charge in [-0.05, 0) is 55.0 Å². The number of aliphatic hydroxyl groups excluding tert-OH is 1. The van der Waals surface area contributed by atoms with E-state index in [1.807, 2.05) is 0 Å². The zero-order valence-corrected chi connectivity index (χ0v) is 18.0. The van der Waals surface area contributed by atoms with Gasteiger partial charge in [-0.15, -0.1) is 0 Å². The number of aromatic nitrogens is 4. The number of hydrogen-bond acceptors (Lipinski definition) is 7. The molecule has 0 bridgehead atoms. The van der Waals surface area contributed by atoms with Crippen LogP contribution in [0.3, 0.4) is 0 Å². The largest absolute Gasteiger partial charge is 0.418 e. The first kappa shape index (κ1) is 24.0. The Hall–Kier alpha value is -4.19. The number of alkyl halides is 3. The smallest absolute Gasteiger partial charge is 0.379 e. The Bertz CT molecular complexity index is 1330. The summed E-state index contributed by atoms with van der Waals surface area (Å²) in [4.78, 5) is 25.0. The zero-order chi connectivity index (χ0) is 25.2. The highest BCUT2D eigenvalue weighted by molar-refractivity contribution is 5.95. The van der Waals surface area contributed by atoms with E-state index in [1.165, 1.54) is 12.1 Å². The lowest BCUT2D eigenvalue weighted by Gasteiger charge is -2.18. The molecule has 3 heterocycles. The van der Waals surface area contributed by atoms with Crippen molar-refractivity contribution in [2.75, 3.05) is 0 Å². The van der Waals surface area contributed by atoms with E-state index in [1.54, 1.807) is 31.3 Å². The average Bonchev–Trinajstić information content (AvgIpc) is 3.34. The van der Waals surface area contributed by atoms with Crippen LogP contribution in [0.15, 0.2) is 65.4 Å². The summed E-state index contributed by atoms with van der Waals surface area (Å²) in [6.45, 7) is 1.55. The second-order valence-corrected chi connectivity index (χ2v) is 7.52. The minimum absolute atomic E-state index is 0.0471. The van der Waals surface area contributed by atoms with Gasteiger partial charge in [0.15, 0.2) is 6.10 Å². The van der Waals surface area contributed by atoms with Crippen LogP contribution in [0.1, 0.15) is 40.9 Å². The highest BCUT2D eigenvalue weighted by Gasteiger charge is 2.40. The van der Waals surface area contributed by atoms with Crippen LogP contribution in [-0.4, -0.2) is 37.3 Å². The number of halogens is 4. The molecule has 2 N–H and O–H groups in total. The van der Waals surface area contributed by atoms with Crippen LogP contribution >= 0.6 is 0 Å². The lowest BCUT2D eigenvalue weighted by molar-refractivity contribution is -0.206. The number of hydrogen-bond donors (Lipinski definition) is 2. The summed E-state index contributed by atoms with van der Waals surface area (Å²) in [6.07, 6.45) is -5.38. The van der Waals surface area contributed by atoms with Crippen molar-refractivity contribution >= 4 is 5.91 Å². The first-order valence-electron chi connectivity index (χ1n) is 10.2. The van der Waals surface area contributed by atoms with E-state index in [0.717, 1.165) is 24.4 Å². The van der Waals surface area contributed by atoms with E-state index in [2.05, 4.69) is 25.4 Å². The predicted molar refractivity (Wildman–Crippen MR) is 114 cm³/mol. The van der Waals surface area contributed by atoms with E-state index >= 15 is 0 Å². The molecular formula is C23H17F4N5O3. The molecule has 2 unspecified atom stereocenters. The molecule has 0 aliphatic rings. The minimum Gasteiger partial charge on any atom is -0.379 e. The molecule has 0 saturated heterocycles. The van der Waals surface area contributed by atoms with Gasteiger partial charge in [-0.2, -0.15) is 18.2 Å². The van der Waals surface area contributed by atoms with Crippen molar-refractivity contribution in [3.8, 4) is 22.8 Å². The van der Waals surface area contributed by atoms with Crippen LogP contribution in [0.4, 0.5) is 17.6 Å². The van der Waals surface area contributed by atoms with Crippen molar-refractivity contribution in [2.24, 2.45) is 0 Å². The summed E-state index contributed by atoms with van der Waals surface area (Å²) in [5.41, 5.74) is -0.121. The maximum atomic E-state index is 13.2. The second kappa shape index (κ2) is 9.58. The first-order valence-corrected chi connectivity index (χ1v) is 10.2. The second-order valence-electron chi connectivity index (χ2n) is 7.52. The molecule has 0 spiro atoms. The molecule has 1 aromatic carbocycles. The molecule has 0 fully saturated rings. The fourth-order valence-corrected chi connectivity index (χ4v) is 3.18. The Morgan fingerprint density at radius 3 is 2.54 bits per heavy atom. The highest BCUT2D eigenvalue weighted by Crippen LogP contribution is 2.35. The van der Waals surface area contributed by atoms with Crippen molar-refractivity contribution in [3.05, 3.63) is 83.8 Å². The van der Waals surface area contributed by atoms with Crippen molar-refractivity contribution in [2.45, 2.75) is 25.2 Å². The van der Waals surface area contributed by atoms with Crippen LogP contribution in [0.25, 0.3) is 22.8 Å². The molecule has 0 aliphatic carbocycles. The summed E-state index contributed by atoms with van der Waals surface area (Å²) in [5.74, 6) is -1.17. The molecule has 0 aliphatic heterocycles.